The molecule has 0 spiro atoms. The van der Waals surface area contributed by atoms with Gasteiger partial charge in [0, 0.05) is 13.2 Å². The topological polar surface area (TPSA) is 55.4 Å². The molecule has 20 heavy (non-hydrogen) atoms. The van der Waals surface area contributed by atoms with Crippen LogP contribution in [-0.2, 0) is 21.2 Å². The summed E-state index contributed by atoms with van der Waals surface area (Å²) in [6.45, 7) is 1.30. The minimum Gasteiger partial charge on any atom is -0.378 e. The summed E-state index contributed by atoms with van der Waals surface area (Å²) in [4.78, 5) is 0. The van der Waals surface area contributed by atoms with E-state index >= 15 is 0 Å². The SMILES string of the molecule is O=S(=O)(CCCc1ccccc1)NCCC1CCCO1. The molecular weight excluding hydrogens is 274 g/mol. The average molecular weight is 297 g/mol. The Hall–Kier alpha value is -0.910. The van der Waals surface area contributed by atoms with E-state index in [4.69, 9.17) is 4.74 Å². The fraction of sp³-hybridized carbons (Fsp3) is 0.600. The minimum absolute atomic E-state index is 0.188. The fourth-order valence-corrected chi connectivity index (χ4v) is 3.53. The van der Waals surface area contributed by atoms with E-state index in [2.05, 4.69) is 4.72 Å². The Morgan fingerprint density at radius 3 is 2.75 bits per heavy atom. The zero-order valence-corrected chi connectivity index (χ0v) is 12.6. The van der Waals surface area contributed by atoms with Crippen LogP contribution in [0.1, 0.15) is 31.2 Å². The van der Waals surface area contributed by atoms with E-state index in [1.165, 1.54) is 5.56 Å². The Bertz CT molecular complexity index is 481. The van der Waals surface area contributed by atoms with Gasteiger partial charge in [-0.3, -0.25) is 0 Å². The molecule has 1 aliphatic rings. The van der Waals surface area contributed by atoms with Crippen molar-refractivity contribution in [3.63, 3.8) is 0 Å². The Morgan fingerprint density at radius 2 is 2.05 bits per heavy atom. The zero-order chi connectivity index (χ0) is 14.3. The van der Waals surface area contributed by atoms with E-state index < -0.39 is 10.0 Å². The highest BCUT2D eigenvalue weighted by molar-refractivity contribution is 7.89. The first-order chi connectivity index (χ1) is 9.66. The van der Waals surface area contributed by atoms with Crippen molar-refractivity contribution in [1.29, 1.82) is 0 Å². The van der Waals surface area contributed by atoms with E-state index in [9.17, 15) is 8.42 Å². The number of hydrogen-bond acceptors (Lipinski definition) is 3. The summed E-state index contributed by atoms with van der Waals surface area (Å²) in [6, 6.07) is 9.97. The Labute approximate surface area is 121 Å². The number of ether oxygens (including phenoxy) is 1. The van der Waals surface area contributed by atoms with Crippen LogP contribution in [0.2, 0.25) is 0 Å². The summed E-state index contributed by atoms with van der Waals surface area (Å²) >= 11 is 0. The maximum absolute atomic E-state index is 11.8. The van der Waals surface area contributed by atoms with Crippen LogP contribution in [0.25, 0.3) is 0 Å². The Morgan fingerprint density at radius 1 is 1.25 bits per heavy atom. The van der Waals surface area contributed by atoms with Gasteiger partial charge in [-0.25, -0.2) is 13.1 Å². The first-order valence-corrected chi connectivity index (χ1v) is 8.94. The number of nitrogens with one attached hydrogen (secondary N) is 1. The van der Waals surface area contributed by atoms with Gasteiger partial charge in [-0.1, -0.05) is 30.3 Å². The summed E-state index contributed by atoms with van der Waals surface area (Å²) in [6.07, 6.45) is 4.61. The summed E-state index contributed by atoms with van der Waals surface area (Å²) in [5.74, 6) is 0.188. The second-order valence-electron chi connectivity index (χ2n) is 5.23. The number of aryl methyl sites for hydroxylation is 1. The predicted molar refractivity (Wildman–Crippen MR) is 80.1 cm³/mol. The van der Waals surface area contributed by atoms with Gasteiger partial charge in [-0.15, -0.1) is 0 Å². The van der Waals surface area contributed by atoms with Crippen LogP contribution in [-0.4, -0.2) is 33.4 Å². The van der Waals surface area contributed by atoms with E-state index in [-0.39, 0.29) is 11.9 Å². The summed E-state index contributed by atoms with van der Waals surface area (Å²) < 4.78 is 31.8. The second-order valence-corrected chi connectivity index (χ2v) is 7.15. The molecule has 1 aliphatic heterocycles. The van der Waals surface area contributed by atoms with Crippen LogP contribution < -0.4 is 4.72 Å². The number of sulfonamides is 1. The lowest BCUT2D eigenvalue weighted by Gasteiger charge is -2.10. The molecule has 1 unspecified atom stereocenters. The molecule has 1 N–H and O–H groups in total. The van der Waals surface area contributed by atoms with Crippen molar-refractivity contribution in [3.05, 3.63) is 35.9 Å². The molecule has 2 rings (SSSR count). The summed E-state index contributed by atoms with van der Waals surface area (Å²) in [5.41, 5.74) is 1.18. The molecule has 1 aromatic carbocycles. The molecule has 0 aromatic heterocycles. The molecule has 0 amide bonds. The standard InChI is InChI=1S/C15H23NO3S/c17-20(18,16-11-10-15-9-4-12-19-15)13-5-8-14-6-2-1-3-7-14/h1-3,6-7,15-16H,4-5,8-13H2. The first kappa shape index (κ1) is 15.5. The predicted octanol–water partition coefficient (Wildman–Crippen LogP) is 2.11. The van der Waals surface area contributed by atoms with Gasteiger partial charge in [0.2, 0.25) is 10.0 Å². The van der Waals surface area contributed by atoms with Gasteiger partial charge in [-0.2, -0.15) is 0 Å². The van der Waals surface area contributed by atoms with E-state index in [0.29, 0.717) is 13.0 Å². The Balaban J connectivity index is 1.63. The maximum atomic E-state index is 11.8. The van der Waals surface area contributed by atoms with Crippen molar-refractivity contribution >= 4 is 10.0 Å². The molecular formula is C15H23NO3S. The van der Waals surface area contributed by atoms with Gasteiger partial charge in [0.05, 0.1) is 11.9 Å². The van der Waals surface area contributed by atoms with Crippen LogP contribution in [0.5, 0.6) is 0 Å². The van der Waals surface area contributed by atoms with Gasteiger partial charge >= 0.3 is 0 Å². The smallest absolute Gasteiger partial charge is 0.211 e. The monoisotopic (exact) mass is 297 g/mol. The summed E-state index contributed by atoms with van der Waals surface area (Å²) in [5, 5.41) is 0. The number of rotatable bonds is 8. The quantitative estimate of drug-likeness (QED) is 0.799. The van der Waals surface area contributed by atoms with E-state index in [0.717, 1.165) is 32.3 Å². The van der Waals surface area contributed by atoms with Crippen LogP contribution in [0.3, 0.4) is 0 Å². The van der Waals surface area contributed by atoms with Crippen LogP contribution in [0, 0.1) is 0 Å². The lowest BCUT2D eigenvalue weighted by Crippen LogP contribution is -2.29. The van der Waals surface area contributed by atoms with Gasteiger partial charge in [0.25, 0.3) is 0 Å². The van der Waals surface area contributed by atoms with Crippen LogP contribution in [0.15, 0.2) is 30.3 Å². The molecule has 1 atom stereocenters. The summed E-state index contributed by atoms with van der Waals surface area (Å²) in [7, 11) is -3.15. The average Bonchev–Trinajstić information content (AvgIpc) is 2.93. The normalized spacial score (nSPS) is 19.3. The minimum atomic E-state index is -3.15. The molecule has 0 radical (unpaired) electrons. The fourth-order valence-electron chi connectivity index (χ4n) is 2.43. The third kappa shape index (κ3) is 5.61. The van der Waals surface area contributed by atoms with Crippen molar-refractivity contribution in [2.45, 2.75) is 38.2 Å². The highest BCUT2D eigenvalue weighted by Crippen LogP contribution is 2.14. The van der Waals surface area contributed by atoms with Crippen molar-refractivity contribution in [2.75, 3.05) is 18.9 Å². The van der Waals surface area contributed by atoms with Crippen LogP contribution in [0.4, 0.5) is 0 Å². The molecule has 112 valence electrons. The van der Waals surface area contributed by atoms with Crippen molar-refractivity contribution < 1.29 is 13.2 Å². The molecule has 1 fully saturated rings. The highest BCUT2D eigenvalue weighted by atomic mass is 32.2. The largest absolute Gasteiger partial charge is 0.378 e. The van der Waals surface area contributed by atoms with Gasteiger partial charge < -0.3 is 4.74 Å². The lowest BCUT2D eigenvalue weighted by molar-refractivity contribution is 0.105. The highest BCUT2D eigenvalue weighted by Gasteiger charge is 2.16. The first-order valence-electron chi connectivity index (χ1n) is 7.28. The van der Waals surface area contributed by atoms with Crippen LogP contribution >= 0.6 is 0 Å². The molecule has 1 saturated heterocycles. The van der Waals surface area contributed by atoms with Gasteiger partial charge in [-0.05, 0) is 37.7 Å². The molecule has 0 bridgehead atoms. The van der Waals surface area contributed by atoms with Gasteiger partial charge in [0.15, 0.2) is 0 Å². The molecule has 0 saturated carbocycles. The second kappa shape index (κ2) is 7.76. The van der Waals surface area contributed by atoms with E-state index in [1.54, 1.807) is 0 Å². The number of hydrogen-bond donors (Lipinski definition) is 1. The third-order valence-electron chi connectivity index (χ3n) is 3.53. The van der Waals surface area contributed by atoms with Crippen molar-refractivity contribution in [2.24, 2.45) is 0 Å². The Kier molecular flexibility index (Phi) is 6.01. The molecule has 5 heteroatoms. The molecule has 4 nitrogen and oxygen atoms in total. The molecule has 0 aliphatic carbocycles. The zero-order valence-electron chi connectivity index (χ0n) is 11.8. The maximum Gasteiger partial charge on any atom is 0.211 e. The van der Waals surface area contributed by atoms with Crippen molar-refractivity contribution in [3.8, 4) is 0 Å². The molecule has 1 aromatic rings. The van der Waals surface area contributed by atoms with E-state index in [1.807, 2.05) is 30.3 Å². The van der Waals surface area contributed by atoms with Crippen molar-refractivity contribution in [1.82, 2.24) is 4.72 Å². The molecule has 1 heterocycles. The lowest BCUT2D eigenvalue weighted by atomic mass is 10.1. The van der Waals surface area contributed by atoms with Gasteiger partial charge in [0.1, 0.15) is 0 Å². The number of benzene rings is 1. The third-order valence-corrected chi connectivity index (χ3v) is 5.00.